The molecule has 0 aromatic heterocycles. The average Bonchev–Trinajstić information content (AvgIpc) is 2.55. The smallest absolute Gasteiger partial charge is 0.0339 e. The molecule has 3 aliphatic rings. The van der Waals surface area contributed by atoms with Gasteiger partial charge in [-0.1, -0.05) is 56.0 Å². The van der Waals surface area contributed by atoms with Gasteiger partial charge < -0.3 is 0 Å². The van der Waals surface area contributed by atoms with Gasteiger partial charge in [0.25, 0.3) is 0 Å². The number of rotatable bonds is 0. The molecule has 0 aliphatic heterocycles. The minimum absolute atomic E-state index is 0.377. The highest BCUT2D eigenvalue weighted by Crippen LogP contribution is 2.48. The van der Waals surface area contributed by atoms with Crippen LogP contribution in [-0.2, 0) is 0 Å². The predicted molar refractivity (Wildman–Crippen MR) is 68.9 cm³/mol. The monoisotopic (exact) mass is 208 g/mol. The highest BCUT2D eigenvalue weighted by atomic mass is 14.4. The van der Waals surface area contributed by atoms with Crippen LogP contribution in [0.15, 0.2) is 71.4 Å². The minimum atomic E-state index is 0.377. The first kappa shape index (κ1) is 9.65. The van der Waals surface area contributed by atoms with Crippen LogP contribution >= 0.6 is 0 Å². The van der Waals surface area contributed by atoms with Crippen LogP contribution in [0.1, 0.15) is 13.3 Å². The molecule has 0 N–H and O–H groups in total. The van der Waals surface area contributed by atoms with Crippen molar-refractivity contribution in [3.63, 3.8) is 0 Å². The molecule has 0 nitrogen and oxygen atoms in total. The van der Waals surface area contributed by atoms with Crippen molar-refractivity contribution in [2.24, 2.45) is 11.8 Å². The van der Waals surface area contributed by atoms with Crippen LogP contribution < -0.4 is 0 Å². The molecule has 0 saturated carbocycles. The third-order valence-electron chi connectivity index (χ3n) is 3.82. The van der Waals surface area contributed by atoms with Crippen molar-refractivity contribution in [2.45, 2.75) is 13.3 Å². The van der Waals surface area contributed by atoms with E-state index >= 15 is 0 Å². The topological polar surface area (TPSA) is 0 Å². The van der Waals surface area contributed by atoms with Crippen molar-refractivity contribution in [3.8, 4) is 0 Å². The van der Waals surface area contributed by atoms with Crippen LogP contribution in [0.25, 0.3) is 0 Å². The first-order valence-electron chi connectivity index (χ1n) is 5.86. The number of allylic oxidation sites excluding steroid dienone is 10. The lowest BCUT2D eigenvalue weighted by atomic mass is 9.76. The quantitative estimate of drug-likeness (QED) is 0.562. The van der Waals surface area contributed by atoms with E-state index in [1.807, 2.05) is 0 Å². The van der Waals surface area contributed by atoms with Gasteiger partial charge in [0.2, 0.25) is 0 Å². The molecule has 0 heterocycles. The van der Waals surface area contributed by atoms with Crippen molar-refractivity contribution in [2.75, 3.05) is 0 Å². The highest BCUT2D eigenvalue weighted by molar-refractivity contribution is 5.61. The number of fused-ring (bicyclic) bond motifs is 2. The van der Waals surface area contributed by atoms with E-state index in [2.05, 4.69) is 50.5 Å². The molecular weight excluding hydrogens is 192 g/mol. The first-order chi connectivity index (χ1) is 7.68. The summed E-state index contributed by atoms with van der Waals surface area (Å²) in [5, 5.41) is 0. The molecule has 0 radical (unpaired) electrons. The summed E-state index contributed by atoms with van der Waals surface area (Å²) >= 11 is 0. The van der Waals surface area contributed by atoms with Gasteiger partial charge in [0.15, 0.2) is 0 Å². The fourth-order valence-corrected chi connectivity index (χ4v) is 3.06. The molecule has 2 unspecified atom stereocenters. The number of hydrogen-bond acceptors (Lipinski definition) is 0. The van der Waals surface area contributed by atoms with Crippen LogP contribution in [0.2, 0.25) is 0 Å². The van der Waals surface area contributed by atoms with Gasteiger partial charge in [-0.15, -0.1) is 0 Å². The molecule has 0 saturated heterocycles. The van der Waals surface area contributed by atoms with E-state index < -0.39 is 0 Å². The molecule has 0 amide bonds. The molecule has 0 spiro atoms. The van der Waals surface area contributed by atoms with E-state index in [0.717, 1.165) is 6.42 Å². The summed E-state index contributed by atoms with van der Waals surface area (Å²) in [5.41, 5.74) is 6.78. The summed E-state index contributed by atoms with van der Waals surface area (Å²) in [4.78, 5) is 0. The van der Waals surface area contributed by atoms with Gasteiger partial charge in [0.05, 0.1) is 0 Å². The van der Waals surface area contributed by atoms with Crippen molar-refractivity contribution < 1.29 is 0 Å². The Morgan fingerprint density at radius 1 is 1.19 bits per heavy atom. The summed E-state index contributed by atoms with van der Waals surface area (Å²) in [6, 6.07) is 0. The van der Waals surface area contributed by atoms with Gasteiger partial charge in [-0.2, -0.15) is 0 Å². The Balaban J connectivity index is 2.17. The Morgan fingerprint density at radius 2 is 2.00 bits per heavy atom. The Kier molecular flexibility index (Phi) is 1.94. The van der Waals surface area contributed by atoms with Crippen LogP contribution in [-0.4, -0.2) is 0 Å². The van der Waals surface area contributed by atoms with Crippen LogP contribution in [0, 0.1) is 11.8 Å². The molecule has 3 rings (SSSR count). The van der Waals surface area contributed by atoms with E-state index in [0.29, 0.717) is 11.8 Å². The molecule has 80 valence electrons. The van der Waals surface area contributed by atoms with Gasteiger partial charge in [0, 0.05) is 5.92 Å². The number of hydrogen-bond donors (Lipinski definition) is 0. The Bertz CT molecular complexity index is 506. The van der Waals surface area contributed by atoms with E-state index in [1.165, 1.54) is 27.9 Å². The van der Waals surface area contributed by atoms with Gasteiger partial charge in [-0.25, -0.2) is 0 Å². The Labute approximate surface area is 97.1 Å². The highest BCUT2D eigenvalue weighted by Gasteiger charge is 2.34. The minimum Gasteiger partial charge on any atom is -0.0955 e. The maximum atomic E-state index is 4.23. The molecule has 0 bridgehead atoms. The third-order valence-corrected chi connectivity index (χ3v) is 3.82. The van der Waals surface area contributed by atoms with E-state index in [4.69, 9.17) is 0 Å². The van der Waals surface area contributed by atoms with Crippen molar-refractivity contribution in [3.05, 3.63) is 71.4 Å². The predicted octanol–water partition coefficient (Wildman–Crippen LogP) is 4.12. The largest absolute Gasteiger partial charge is 0.0955 e. The summed E-state index contributed by atoms with van der Waals surface area (Å²) in [6.07, 6.45) is 12.0. The summed E-state index contributed by atoms with van der Waals surface area (Å²) in [6.45, 7) is 10.7. The normalized spacial score (nSPS) is 31.7. The summed E-state index contributed by atoms with van der Waals surface area (Å²) in [7, 11) is 0. The van der Waals surface area contributed by atoms with Gasteiger partial charge in [-0.05, 0) is 34.6 Å². The molecule has 0 aromatic rings. The molecule has 0 fully saturated rings. The van der Waals surface area contributed by atoms with Crippen LogP contribution in [0.4, 0.5) is 0 Å². The zero-order valence-electron chi connectivity index (χ0n) is 9.66. The lowest BCUT2D eigenvalue weighted by Gasteiger charge is -2.28. The fraction of sp³-hybridized carbons (Fsp3) is 0.250. The first-order valence-corrected chi connectivity index (χ1v) is 5.86. The molecule has 0 heteroatoms. The van der Waals surface area contributed by atoms with Crippen LogP contribution in [0.5, 0.6) is 0 Å². The zero-order valence-corrected chi connectivity index (χ0v) is 9.66. The van der Waals surface area contributed by atoms with Crippen molar-refractivity contribution >= 4 is 0 Å². The lowest BCUT2D eigenvalue weighted by molar-refractivity contribution is 0.730. The Morgan fingerprint density at radius 3 is 2.81 bits per heavy atom. The molecule has 16 heavy (non-hydrogen) atoms. The van der Waals surface area contributed by atoms with Gasteiger partial charge in [0.1, 0.15) is 0 Å². The third kappa shape index (κ3) is 1.16. The second-order valence-electron chi connectivity index (χ2n) is 4.94. The van der Waals surface area contributed by atoms with Crippen molar-refractivity contribution in [1.82, 2.24) is 0 Å². The van der Waals surface area contributed by atoms with E-state index in [9.17, 15) is 0 Å². The van der Waals surface area contributed by atoms with E-state index in [-0.39, 0.29) is 0 Å². The van der Waals surface area contributed by atoms with Crippen molar-refractivity contribution in [1.29, 1.82) is 0 Å². The zero-order chi connectivity index (χ0) is 11.3. The molecular formula is C16H16. The lowest BCUT2D eigenvalue weighted by Crippen LogP contribution is -2.14. The summed E-state index contributed by atoms with van der Waals surface area (Å²) in [5.74, 6) is 1.00. The van der Waals surface area contributed by atoms with Crippen LogP contribution in [0.3, 0.4) is 0 Å². The second kappa shape index (κ2) is 3.21. The molecule has 3 aliphatic carbocycles. The Hall–Kier alpha value is -1.56. The average molecular weight is 208 g/mol. The second-order valence-corrected chi connectivity index (χ2v) is 4.94. The van der Waals surface area contributed by atoms with E-state index in [1.54, 1.807) is 0 Å². The van der Waals surface area contributed by atoms with Gasteiger partial charge >= 0.3 is 0 Å². The maximum Gasteiger partial charge on any atom is 0.0339 e. The fourth-order valence-electron chi connectivity index (χ4n) is 3.06. The molecule has 0 aromatic carbocycles. The van der Waals surface area contributed by atoms with Gasteiger partial charge in [-0.3, -0.25) is 0 Å². The standard InChI is InChI=1S/C16H16/c1-10-5-4-6-13-7-8-14-11(2)9-12(3)16(14)15(10)13/h4-8,11,15H,1,3,9H2,2H3. The SMILES string of the molecule is C=C1CC(C)C2=C1C1C(=C)C=CC=C1C=C2. The maximum absolute atomic E-state index is 4.23. The summed E-state index contributed by atoms with van der Waals surface area (Å²) < 4.78 is 0. The molecule has 2 atom stereocenters.